The van der Waals surface area contributed by atoms with E-state index in [1.54, 1.807) is 6.07 Å². The zero-order valence-corrected chi connectivity index (χ0v) is 14.7. The number of fused-ring (bicyclic) bond motifs is 1. The molecule has 1 aliphatic rings. The maximum absolute atomic E-state index is 12.6. The van der Waals surface area contributed by atoms with Crippen LogP contribution in [0.4, 0.5) is 5.69 Å². The summed E-state index contributed by atoms with van der Waals surface area (Å²) in [4.78, 5) is 24.5. The molecular formula is C20H22N2O4. The molecule has 3 rings (SSSR count). The zero-order valence-electron chi connectivity index (χ0n) is 14.7. The van der Waals surface area contributed by atoms with Crippen LogP contribution in [0.5, 0.6) is 5.75 Å². The minimum Gasteiger partial charge on any atom is -0.495 e. The third kappa shape index (κ3) is 4.21. The number of hydrogen-bond donors (Lipinski definition) is 2. The van der Waals surface area contributed by atoms with Gasteiger partial charge in [0.05, 0.1) is 31.9 Å². The van der Waals surface area contributed by atoms with Crippen molar-refractivity contribution in [3.8, 4) is 5.75 Å². The number of methoxy groups -OCH3 is 1. The van der Waals surface area contributed by atoms with Crippen LogP contribution in [0, 0.1) is 0 Å². The Kier molecular flexibility index (Phi) is 5.86. The number of carbonyl (C=O) groups excluding carboxylic acids is 2. The molecule has 0 radical (unpaired) electrons. The summed E-state index contributed by atoms with van der Waals surface area (Å²) in [5, 5.41) is 5.64. The Labute approximate surface area is 152 Å². The molecule has 2 aromatic carbocycles. The number of benzene rings is 2. The fourth-order valence-corrected chi connectivity index (χ4v) is 3.00. The molecule has 0 aromatic heterocycles. The highest BCUT2D eigenvalue weighted by atomic mass is 16.5. The van der Waals surface area contributed by atoms with Crippen molar-refractivity contribution in [2.75, 3.05) is 25.6 Å². The third-order valence-corrected chi connectivity index (χ3v) is 4.28. The van der Waals surface area contributed by atoms with Gasteiger partial charge >= 0.3 is 0 Å². The van der Waals surface area contributed by atoms with Crippen LogP contribution in [-0.4, -0.2) is 32.1 Å². The zero-order chi connectivity index (χ0) is 18.4. The number of amides is 2. The molecule has 2 aromatic rings. The number of carbonyl (C=O) groups is 2. The molecular weight excluding hydrogens is 332 g/mol. The van der Waals surface area contributed by atoms with Crippen LogP contribution in [0.3, 0.4) is 0 Å². The van der Waals surface area contributed by atoms with E-state index in [1.165, 1.54) is 7.11 Å². The minimum atomic E-state index is -0.525. The van der Waals surface area contributed by atoms with Crippen molar-refractivity contribution < 1.29 is 19.1 Å². The van der Waals surface area contributed by atoms with Crippen molar-refractivity contribution in [2.24, 2.45) is 0 Å². The lowest BCUT2D eigenvalue weighted by Crippen LogP contribution is -2.36. The fraction of sp³-hybridized carbons (Fsp3) is 0.300. The largest absolute Gasteiger partial charge is 0.495 e. The van der Waals surface area contributed by atoms with Crippen LogP contribution >= 0.6 is 0 Å². The topological polar surface area (TPSA) is 76.7 Å². The number of hydrogen-bond acceptors (Lipinski definition) is 4. The lowest BCUT2D eigenvalue weighted by atomic mass is 9.89. The van der Waals surface area contributed by atoms with Crippen LogP contribution in [-0.2, 0) is 20.9 Å². The first-order valence-corrected chi connectivity index (χ1v) is 8.55. The molecule has 1 atom stereocenters. The molecule has 1 unspecified atom stereocenters. The van der Waals surface area contributed by atoms with E-state index >= 15 is 0 Å². The second-order valence-electron chi connectivity index (χ2n) is 6.06. The summed E-state index contributed by atoms with van der Waals surface area (Å²) in [6.07, 6.45) is 0.122. The Bertz CT molecular complexity index is 777. The molecule has 2 amide bonds. The predicted octanol–water partition coefficient (Wildman–Crippen LogP) is 2.45. The number of anilines is 1. The number of para-hydroxylation sites is 1. The van der Waals surface area contributed by atoms with Gasteiger partial charge in [0.25, 0.3) is 0 Å². The van der Waals surface area contributed by atoms with Crippen LogP contribution in [0.2, 0.25) is 0 Å². The Morgan fingerprint density at radius 1 is 1.19 bits per heavy atom. The van der Waals surface area contributed by atoms with Gasteiger partial charge in [-0.25, -0.2) is 0 Å². The summed E-state index contributed by atoms with van der Waals surface area (Å²) in [6.45, 7) is 1.30. The highest BCUT2D eigenvalue weighted by Gasteiger charge is 2.32. The predicted molar refractivity (Wildman–Crippen MR) is 98.1 cm³/mol. The van der Waals surface area contributed by atoms with Gasteiger partial charge in [-0.2, -0.15) is 0 Å². The van der Waals surface area contributed by atoms with E-state index in [9.17, 15) is 9.59 Å². The second-order valence-corrected chi connectivity index (χ2v) is 6.06. The quantitative estimate of drug-likeness (QED) is 0.749. The average Bonchev–Trinajstić information content (AvgIpc) is 2.67. The minimum absolute atomic E-state index is 0.122. The molecule has 136 valence electrons. The van der Waals surface area contributed by atoms with Gasteiger partial charge in [-0.05, 0) is 17.2 Å². The molecule has 0 spiro atoms. The van der Waals surface area contributed by atoms with Gasteiger partial charge < -0.3 is 20.1 Å². The summed E-state index contributed by atoms with van der Waals surface area (Å²) < 4.78 is 10.8. The molecule has 0 bridgehead atoms. The third-order valence-electron chi connectivity index (χ3n) is 4.28. The van der Waals surface area contributed by atoms with Crippen LogP contribution in [0.15, 0.2) is 48.5 Å². The lowest BCUT2D eigenvalue weighted by Gasteiger charge is -2.26. The molecule has 0 aliphatic carbocycles. The SMILES string of the molecule is COc1cccc2c1NC(=O)CC2C(=O)NCCOCc1ccccc1. The summed E-state index contributed by atoms with van der Waals surface area (Å²) in [5.74, 6) is -0.345. The lowest BCUT2D eigenvalue weighted by molar-refractivity contribution is -0.126. The second kappa shape index (κ2) is 8.49. The fourth-order valence-electron chi connectivity index (χ4n) is 3.00. The molecule has 0 saturated heterocycles. The van der Waals surface area contributed by atoms with Crippen molar-refractivity contribution in [1.82, 2.24) is 5.32 Å². The maximum atomic E-state index is 12.6. The van der Waals surface area contributed by atoms with Crippen molar-refractivity contribution in [3.63, 3.8) is 0 Å². The normalized spacial score (nSPS) is 15.7. The van der Waals surface area contributed by atoms with E-state index in [0.29, 0.717) is 31.2 Å². The first-order valence-electron chi connectivity index (χ1n) is 8.55. The molecule has 26 heavy (non-hydrogen) atoms. The monoisotopic (exact) mass is 354 g/mol. The number of nitrogens with one attached hydrogen (secondary N) is 2. The molecule has 6 heteroatoms. The standard InChI is InChI=1S/C20H22N2O4/c1-25-17-9-5-8-15-16(12-18(23)22-19(15)17)20(24)21-10-11-26-13-14-6-3-2-4-7-14/h2-9,16H,10-13H2,1H3,(H,21,24)(H,22,23). The summed E-state index contributed by atoms with van der Waals surface area (Å²) in [6, 6.07) is 15.3. The van der Waals surface area contributed by atoms with Gasteiger partial charge in [-0.1, -0.05) is 42.5 Å². The smallest absolute Gasteiger partial charge is 0.228 e. The maximum Gasteiger partial charge on any atom is 0.228 e. The van der Waals surface area contributed by atoms with Crippen LogP contribution in [0.1, 0.15) is 23.5 Å². The van der Waals surface area contributed by atoms with E-state index in [2.05, 4.69) is 10.6 Å². The van der Waals surface area contributed by atoms with E-state index in [4.69, 9.17) is 9.47 Å². The first kappa shape index (κ1) is 17.9. The molecule has 6 nitrogen and oxygen atoms in total. The van der Waals surface area contributed by atoms with Crippen molar-refractivity contribution in [1.29, 1.82) is 0 Å². The number of rotatable bonds is 7. The van der Waals surface area contributed by atoms with Gasteiger partial charge in [-0.15, -0.1) is 0 Å². The highest BCUT2D eigenvalue weighted by molar-refractivity contribution is 6.02. The average molecular weight is 354 g/mol. The molecule has 2 N–H and O–H groups in total. The highest BCUT2D eigenvalue weighted by Crippen LogP contribution is 2.38. The summed E-state index contributed by atoms with van der Waals surface area (Å²) in [5.41, 5.74) is 2.43. The van der Waals surface area contributed by atoms with E-state index in [-0.39, 0.29) is 18.2 Å². The first-order chi connectivity index (χ1) is 12.7. The van der Waals surface area contributed by atoms with Gasteiger partial charge in [-0.3, -0.25) is 9.59 Å². The Hall–Kier alpha value is -2.86. The Balaban J connectivity index is 1.54. The van der Waals surface area contributed by atoms with Crippen molar-refractivity contribution in [2.45, 2.75) is 18.9 Å². The molecule has 1 heterocycles. The van der Waals surface area contributed by atoms with E-state index in [0.717, 1.165) is 11.1 Å². The van der Waals surface area contributed by atoms with Crippen molar-refractivity contribution >= 4 is 17.5 Å². The van der Waals surface area contributed by atoms with Gasteiger partial charge in [0.2, 0.25) is 11.8 Å². The Morgan fingerprint density at radius 3 is 2.77 bits per heavy atom. The molecule has 1 aliphatic heterocycles. The van der Waals surface area contributed by atoms with Gasteiger partial charge in [0.15, 0.2) is 0 Å². The van der Waals surface area contributed by atoms with Gasteiger partial charge in [0, 0.05) is 13.0 Å². The van der Waals surface area contributed by atoms with Gasteiger partial charge in [0.1, 0.15) is 5.75 Å². The number of ether oxygens (including phenoxy) is 2. The van der Waals surface area contributed by atoms with Crippen LogP contribution in [0.25, 0.3) is 0 Å². The molecule has 0 saturated carbocycles. The Morgan fingerprint density at radius 2 is 2.00 bits per heavy atom. The van der Waals surface area contributed by atoms with Crippen molar-refractivity contribution in [3.05, 3.63) is 59.7 Å². The molecule has 0 fully saturated rings. The summed E-state index contributed by atoms with van der Waals surface area (Å²) in [7, 11) is 1.54. The van der Waals surface area contributed by atoms with Crippen LogP contribution < -0.4 is 15.4 Å². The van der Waals surface area contributed by atoms with E-state index < -0.39 is 5.92 Å². The summed E-state index contributed by atoms with van der Waals surface area (Å²) >= 11 is 0. The van der Waals surface area contributed by atoms with E-state index in [1.807, 2.05) is 42.5 Å².